The van der Waals surface area contributed by atoms with E-state index in [2.05, 4.69) is 18.1 Å². The van der Waals surface area contributed by atoms with Crippen LogP contribution in [0.25, 0.3) is 12.7 Å². The molecule has 0 saturated heterocycles. The van der Waals surface area contributed by atoms with Crippen LogP contribution in [0.3, 0.4) is 0 Å². The van der Waals surface area contributed by atoms with Gasteiger partial charge in [0, 0.05) is 12.1 Å². The van der Waals surface area contributed by atoms with Gasteiger partial charge >= 0.3 is 0 Å². The molecule has 0 atom stereocenters. The maximum Gasteiger partial charge on any atom is 0.114 e. The van der Waals surface area contributed by atoms with Crippen molar-refractivity contribution in [3.05, 3.63) is 29.4 Å². The highest BCUT2D eigenvalue weighted by atomic mass is 16.5. The van der Waals surface area contributed by atoms with Gasteiger partial charge in [0.15, 0.2) is 0 Å². The second-order valence-corrected chi connectivity index (χ2v) is 5.23. The normalized spacial score (nSPS) is 27.1. The fourth-order valence-corrected chi connectivity index (χ4v) is 2.36. The number of allylic oxidation sites excluding steroid dienone is 1. The van der Waals surface area contributed by atoms with Crippen LogP contribution in [0.1, 0.15) is 25.8 Å². The van der Waals surface area contributed by atoms with E-state index in [1.165, 1.54) is 0 Å². The lowest BCUT2D eigenvalue weighted by Gasteiger charge is -2.41. The Morgan fingerprint density at radius 3 is 2.95 bits per heavy atom. The van der Waals surface area contributed by atoms with Crippen molar-refractivity contribution in [3.8, 4) is 0 Å². The molecule has 1 aromatic rings. The third-order valence-electron chi connectivity index (χ3n) is 3.35. The number of nitrogens with zero attached hydrogens (tertiary/aromatic N) is 2. The zero-order valence-corrected chi connectivity index (χ0v) is 11.2. The molecule has 0 unspecified atom stereocenters. The molecule has 0 aliphatic heterocycles. The predicted molar refractivity (Wildman–Crippen MR) is 72.5 cm³/mol. The van der Waals surface area contributed by atoms with Crippen molar-refractivity contribution in [2.45, 2.75) is 31.4 Å². The Hall–Kier alpha value is -1.59. The van der Waals surface area contributed by atoms with Gasteiger partial charge in [-0.15, -0.1) is 0 Å². The molecule has 0 bridgehead atoms. The number of ether oxygens (including phenoxy) is 1. The largest absolute Gasteiger partial charge is 0.492 e. The van der Waals surface area contributed by atoms with Crippen molar-refractivity contribution in [2.24, 2.45) is 0 Å². The molecule has 0 amide bonds. The molecule has 0 aromatic carbocycles. The highest BCUT2D eigenvalue weighted by Gasteiger charge is 2.39. The molecule has 0 spiro atoms. The van der Waals surface area contributed by atoms with Gasteiger partial charge in [0.1, 0.15) is 12.4 Å². The minimum absolute atomic E-state index is 0.0459. The van der Waals surface area contributed by atoms with Crippen LogP contribution in [0.5, 0.6) is 0 Å². The zero-order chi connectivity index (χ0) is 14.0. The topological polar surface area (TPSA) is 67.5 Å². The number of aliphatic hydroxyl groups excluding tert-OH is 1. The number of imidazole rings is 1. The Balaban J connectivity index is 2.13. The van der Waals surface area contributed by atoms with Crippen LogP contribution in [0, 0.1) is 0 Å². The molecule has 1 aromatic heterocycles. The fourth-order valence-electron chi connectivity index (χ4n) is 2.36. The Morgan fingerprint density at radius 2 is 2.37 bits per heavy atom. The SMILES string of the molecule is C=C(/C=c1/ncn(C2CC(C)(O)C2)c1=C)OCCO. The standard InChI is InChI=1S/C14H20N2O3/c1-10(19-5-4-17)6-13-11(2)16(9-15-13)12-7-14(3,18)8-12/h6,9,12,17-18H,1-2,4-5,7-8H2,3H3/b13-6+. The average Bonchev–Trinajstić information content (AvgIpc) is 2.65. The molecule has 2 N–H and O–H groups in total. The van der Waals surface area contributed by atoms with Crippen LogP contribution in [-0.4, -0.2) is 38.6 Å². The first-order valence-electron chi connectivity index (χ1n) is 6.31. The Labute approximate surface area is 112 Å². The summed E-state index contributed by atoms with van der Waals surface area (Å²) >= 11 is 0. The van der Waals surface area contributed by atoms with Gasteiger partial charge in [0.05, 0.1) is 29.2 Å². The van der Waals surface area contributed by atoms with Crippen LogP contribution >= 0.6 is 0 Å². The highest BCUT2D eigenvalue weighted by molar-refractivity contribution is 5.38. The Bertz CT molecular complexity index is 566. The summed E-state index contributed by atoms with van der Waals surface area (Å²) in [7, 11) is 0. The van der Waals surface area contributed by atoms with Gasteiger partial charge in [-0.25, -0.2) is 4.98 Å². The van der Waals surface area contributed by atoms with E-state index in [1.54, 1.807) is 12.4 Å². The van der Waals surface area contributed by atoms with Gasteiger partial charge in [0.2, 0.25) is 0 Å². The Kier molecular flexibility index (Phi) is 3.78. The van der Waals surface area contributed by atoms with Crippen molar-refractivity contribution in [2.75, 3.05) is 13.2 Å². The van der Waals surface area contributed by atoms with E-state index < -0.39 is 5.60 Å². The molecule has 2 rings (SSSR count). The lowest BCUT2D eigenvalue weighted by atomic mass is 9.77. The highest BCUT2D eigenvalue weighted by Crippen LogP contribution is 2.39. The minimum atomic E-state index is -0.570. The number of aromatic nitrogens is 2. The molecule has 1 heterocycles. The quantitative estimate of drug-likeness (QED) is 0.715. The summed E-state index contributed by atoms with van der Waals surface area (Å²) < 4.78 is 7.15. The van der Waals surface area contributed by atoms with Crippen molar-refractivity contribution in [1.82, 2.24) is 9.55 Å². The first kappa shape index (κ1) is 13.8. The van der Waals surface area contributed by atoms with Crippen molar-refractivity contribution < 1.29 is 14.9 Å². The summed E-state index contributed by atoms with van der Waals surface area (Å²) in [5.41, 5.74) is -0.570. The smallest absolute Gasteiger partial charge is 0.114 e. The van der Waals surface area contributed by atoms with Gasteiger partial charge in [-0.3, -0.25) is 0 Å². The second kappa shape index (κ2) is 5.19. The Morgan fingerprint density at radius 1 is 1.68 bits per heavy atom. The average molecular weight is 264 g/mol. The van der Waals surface area contributed by atoms with Crippen molar-refractivity contribution in [3.63, 3.8) is 0 Å². The van der Waals surface area contributed by atoms with Gasteiger partial charge in [-0.1, -0.05) is 13.2 Å². The minimum Gasteiger partial charge on any atom is -0.492 e. The van der Waals surface area contributed by atoms with Gasteiger partial charge in [-0.2, -0.15) is 0 Å². The van der Waals surface area contributed by atoms with Gasteiger partial charge in [-0.05, 0) is 19.8 Å². The van der Waals surface area contributed by atoms with E-state index in [0.717, 1.165) is 5.35 Å². The first-order chi connectivity index (χ1) is 8.93. The number of hydrogen-bond donors (Lipinski definition) is 2. The fraction of sp³-hybridized carbons (Fsp3) is 0.500. The van der Waals surface area contributed by atoms with Crippen LogP contribution in [0.2, 0.25) is 0 Å². The molecule has 104 valence electrons. The lowest BCUT2D eigenvalue weighted by Crippen LogP contribution is -2.45. The maximum atomic E-state index is 9.77. The first-order valence-corrected chi connectivity index (χ1v) is 6.31. The van der Waals surface area contributed by atoms with Gasteiger partial charge < -0.3 is 19.5 Å². The summed E-state index contributed by atoms with van der Waals surface area (Å²) in [5.74, 6) is 0.449. The number of rotatable bonds is 5. The van der Waals surface area contributed by atoms with E-state index >= 15 is 0 Å². The van der Waals surface area contributed by atoms with E-state index in [1.807, 2.05) is 11.5 Å². The molecule has 5 nitrogen and oxygen atoms in total. The summed E-state index contributed by atoms with van der Waals surface area (Å²) in [5, 5.41) is 19.9. The summed E-state index contributed by atoms with van der Waals surface area (Å²) in [6.07, 6.45) is 4.86. The third-order valence-corrected chi connectivity index (χ3v) is 3.35. The zero-order valence-electron chi connectivity index (χ0n) is 11.2. The third kappa shape index (κ3) is 3.05. The monoisotopic (exact) mass is 264 g/mol. The summed E-state index contributed by atoms with van der Waals surface area (Å²) in [6.45, 7) is 9.74. The van der Waals surface area contributed by atoms with Crippen LogP contribution in [0.4, 0.5) is 0 Å². The van der Waals surface area contributed by atoms with Crippen LogP contribution in [-0.2, 0) is 4.74 Å². The maximum absolute atomic E-state index is 9.77. The predicted octanol–water partition coefficient (Wildman–Crippen LogP) is -0.318. The number of aliphatic hydroxyl groups is 2. The van der Waals surface area contributed by atoms with E-state index in [-0.39, 0.29) is 19.3 Å². The molecule has 19 heavy (non-hydrogen) atoms. The van der Waals surface area contributed by atoms with E-state index in [0.29, 0.717) is 23.9 Å². The van der Waals surface area contributed by atoms with Crippen molar-refractivity contribution >= 4 is 12.7 Å². The van der Waals surface area contributed by atoms with Crippen molar-refractivity contribution in [1.29, 1.82) is 0 Å². The molecular formula is C14H20N2O3. The molecule has 5 heteroatoms. The number of hydrogen-bond acceptors (Lipinski definition) is 4. The second-order valence-electron chi connectivity index (χ2n) is 5.23. The van der Waals surface area contributed by atoms with Crippen LogP contribution < -0.4 is 10.7 Å². The summed E-state index contributed by atoms with van der Waals surface area (Å²) in [6, 6.07) is 0.253. The summed E-state index contributed by atoms with van der Waals surface area (Å²) in [4.78, 5) is 4.27. The van der Waals surface area contributed by atoms with E-state index in [4.69, 9.17) is 9.84 Å². The molecule has 1 aliphatic carbocycles. The van der Waals surface area contributed by atoms with E-state index in [9.17, 15) is 5.11 Å². The molecule has 1 saturated carbocycles. The molecule has 1 fully saturated rings. The molecule has 0 radical (unpaired) electrons. The van der Waals surface area contributed by atoms with Crippen LogP contribution in [0.15, 0.2) is 18.7 Å². The van der Waals surface area contributed by atoms with Gasteiger partial charge in [0.25, 0.3) is 0 Å². The molecule has 1 aliphatic rings. The lowest BCUT2D eigenvalue weighted by molar-refractivity contribution is -0.0516. The molecular weight excluding hydrogens is 244 g/mol.